The van der Waals surface area contributed by atoms with Crippen molar-refractivity contribution in [1.29, 1.82) is 0 Å². The summed E-state index contributed by atoms with van der Waals surface area (Å²) in [5.41, 5.74) is -0.160. The summed E-state index contributed by atoms with van der Waals surface area (Å²) >= 11 is 0. The highest BCUT2D eigenvalue weighted by Crippen LogP contribution is 2.22. The summed E-state index contributed by atoms with van der Waals surface area (Å²) in [5, 5.41) is 10.6. The fourth-order valence-electron chi connectivity index (χ4n) is 1.45. The minimum atomic E-state index is -5.05. The maximum absolute atomic E-state index is 12.2. The zero-order valence-corrected chi connectivity index (χ0v) is 9.60. The normalized spacial score (nSPS) is 11.3. The number of hydrogen-bond donors (Lipinski definition) is 2. The van der Waals surface area contributed by atoms with Crippen molar-refractivity contribution in [3.63, 3.8) is 0 Å². The van der Waals surface area contributed by atoms with E-state index in [1.54, 1.807) is 5.32 Å². The second-order valence-electron chi connectivity index (χ2n) is 3.71. The Kier molecular flexibility index (Phi) is 3.26. The van der Waals surface area contributed by atoms with Crippen LogP contribution in [0.15, 0.2) is 24.5 Å². The van der Waals surface area contributed by atoms with E-state index in [9.17, 15) is 22.8 Å². The highest BCUT2D eigenvalue weighted by molar-refractivity contribution is 6.02. The van der Waals surface area contributed by atoms with Gasteiger partial charge >= 0.3 is 18.1 Å². The van der Waals surface area contributed by atoms with Crippen LogP contribution in [-0.2, 0) is 4.79 Å². The number of amides is 1. The fourth-order valence-corrected chi connectivity index (χ4v) is 1.45. The van der Waals surface area contributed by atoms with Crippen molar-refractivity contribution in [3.8, 4) is 0 Å². The number of nitrogens with zero attached hydrogens (tertiary/aromatic N) is 2. The van der Waals surface area contributed by atoms with Crippen LogP contribution >= 0.6 is 0 Å². The minimum absolute atomic E-state index is 0.0323. The van der Waals surface area contributed by atoms with Crippen molar-refractivity contribution >= 4 is 28.6 Å². The SMILES string of the molecule is O=C(O)c1cnc2c(NC(=O)C(F)(F)F)nccc2c1. The van der Waals surface area contributed by atoms with E-state index in [0.29, 0.717) is 0 Å². The smallest absolute Gasteiger partial charge is 0.471 e. The molecule has 0 aliphatic rings. The number of carboxylic acids is 1. The number of hydrogen-bond acceptors (Lipinski definition) is 4. The molecule has 0 aliphatic carbocycles. The summed E-state index contributed by atoms with van der Waals surface area (Å²) in [5.74, 6) is -3.79. The average Bonchev–Trinajstić information content (AvgIpc) is 2.37. The van der Waals surface area contributed by atoms with Crippen LogP contribution in [0.25, 0.3) is 10.9 Å². The first-order chi connectivity index (χ1) is 9.29. The van der Waals surface area contributed by atoms with Gasteiger partial charge in [-0.2, -0.15) is 13.2 Å². The van der Waals surface area contributed by atoms with Crippen molar-refractivity contribution in [2.45, 2.75) is 6.18 Å². The third kappa shape index (κ3) is 2.66. The monoisotopic (exact) mass is 285 g/mol. The Labute approximate surface area is 109 Å². The van der Waals surface area contributed by atoms with E-state index in [0.717, 1.165) is 12.4 Å². The summed E-state index contributed by atoms with van der Waals surface area (Å²) in [6, 6.07) is 2.59. The summed E-state index contributed by atoms with van der Waals surface area (Å²) < 4.78 is 36.5. The number of rotatable bonds is 2. The predicted molar refractivity (Wildman–Crippen MR) is 61.2 cm³/mol. The molecule has 104 valence electrons. The van der Waals surface area contributed by atoms with Gasteiger partial charge in [-0.05, 0) is 12.1 Å². The number of carbonyl (C=O) groups excluding carboxylic acids is 1. The third-order valence-corrected chi connectivity index (χ3v) is 2.34. The van der Waals surface area contributed by atoms with Crippen LogP contribution in [0.3, 0.4) is 0 Å². The van der Waals surface area contributed by atoms with Crippen LogP contribution in [0.2, 0.25) is 0 Å². The molecule has 0 spiro atoms. The molecular formula is C11H6F3N3O3. The zero-order chi connectivity index (χ0) is 14.9. The van der Waals surface area contributed by atoms with Gasteiger partial charge in [0.15, 0.2) is 5.82 Å². The Bertz CT molecular complexity index is 700. The topological polar surface area (TPSA) is 92.2 Å². The first-order valence-corrected chi connectivity index (χ1v) is 5.15. The molecule has 0 unspecified atom stereocenters. The van der Waals surface area contributed by atoms with Gasteiger partial charge in [-0.25, -0.2) is 9.78 Å². The molecule has 2 N–H and O–H groups in total. The second-order valence-corrected chi connectivity index (χ2v) is 3.71. The molecule has 0 aromatic carbocycles. The number of carbonyl (C=O) groups is 2. The molecule has 2 heterocycles. The van der Waals surface area contributed by atoms with E-state index >= 15 is 0 Å². The van der Waals surface area contributed by atoms with Crippen LogP contribution in [0, 0.1) is 0 Å². The van der Waals surface area contributed by atoms with Crippen LogP contribution < -0.4 is 5.32 Å². The summed E-state index contributed by atoms with van der Waals surface area (Å²) in [7, 11) is 0. The van der Waals surface area contributed by atoms with Crippen molar-refractivity contribution in [3.05, 3.63) is 30.1 Å². The second kappa shape index (κ2) is 4.76. The number of carboxylic acid groups (broad SMARTS) is 1. The Hall–Kier alpha value is -2.71. The minimum Gasteiger partial charge on any atom is -0.478 e. The molecule has 0 atom stereocenters. The molecule has 0 saturated heterocycles. The van der Waals surface area contributed by atoms with Gasteiger partial charge < -0.3 is 10.4 Å². The Morgan fingerprint density at radius 3 is 2.55 bits per heavy atom. The number of anilines is 1. The quantitative estimate of drug-likeness (QED) is 0.878. The highest BCUT2D eigenvalue weighted by Gasteiger charge is 2.39. The van der Waals surface area contributed by atoms with E-state index in [2.05, 4.69) is 9.97 Å². The molecule has 0 aliphatic heterocycles. The van der Waals surface area contributed by atoms with Gasteiger partial charge in [0, 0.05) is 17.8 Å². The Balaban J connectivity index is 2.45. The number of pyridine rings is 2. The van der Waals surface area contributed by atoms with E-state index in [1.807, 2.05) is 0 Å². The number of aromatic nitrogens is 2. The lowest BCUT2D eigenvalue weighted by atomic mass is 10.2. The molecule has 0 saturated carbocycles. The standard InChI is InChI=1S/C11H6F3N3O3/c12-11(13,14)10(20)17-8-7-5(1-2-15-8)3-6(4-16-7)9(18)19/h1-4H,(H,18,19)(H,15,17,20). The van der Waals surface area contributed by atoms with Gasteiger partial charge in [0.1, 0.15) is 5.52 Å². The van der Waals surface area contributed by atoms with Crippen LogP contribution in [0.5, 0.6) is 0 Å². The van der Waals surface area contributed by atoms with Gasteiger partial charge in [-0.15, -0.1) is 0 Å². The first kappa shape index (κ1) is 13.7. The van der Waals surface area contributed by atoms with Crippen LogP contribution in [0.1, 0.15) is 10.4 Å². The molecule has 20 heavy (non-hydrogen) atoms. The van der Waals surface area contributed by atoms with Crippen LogP contribution in [0.4, 0.5) is 19.0 Å². The lowest BCUT2D eigenvalue weighted by Gasteiger charge is -2.09. The fraction of sp³-hybridized carbons (Fsp3) is 0.0909. The summed E-state index contributed by atoms with van der Waals surface area (Å²) in [6.45, 7) is 0. The molecule has 2 rings (SSSR count). The van der Waals surface area contributed by atoms with Crippen molar-refractivity contribution < 1.29 is 27.9 Å². The van der Waals surface area contributed by atoms with E-state index < -0.39 is 18.1 Å². The largest absolute Gasteiger partial charge is 0.478 e. The average molecular weight is 285 g/mol. The highest BCUT2D eigenvalue weighted by atomic mass is 19.4. The van der Waals surface area contributed by atoms with E-state index in [1.165, 1.54) is 12.1 Å². The maximum Gasteiger partial charge on any atom is 0.471 e. The number of fused-ring (bicyclic) bond motifs is 1. The Morgan fingerprint density at radius 2 is 1.95 bits per heavy atom. The number of alkyl halides is 3. The van der Waals surface area contributed by atoms with E-state index in [-0.39, 0.29) is 22.3 Å². The first-order valence-electron chi connectivity index (χ1n) is 5.15. The van der Waals surface area contributed by atoms with Gasteiger partial charge in [-0.1, -0.05) is 0 Å². The molecular weight excluding hydrogens is 279 g/mol. The number of halogens is 3. The summed E-state index contributed by atoms with van der Waals surface area (Å²) in [6.07, 6.45) is -2.94. The van der Waals surface area contributed by atoms with Gasteiger partial charge in [-0.3, -0.25) is 9.78 Å². The molecule has 0 radical (unpaired) electrons. The molecule has 1 amide bonds. The van der Waals surface area contributed by atoms with E-state index in [4.69, 9.17) is 5.11 Å². The zero-order valence-electron chi connectivity index (χ0n) is 9.60. The number of aromatic carboxylic acids is 1. The van der Waals surface area contributed by atoms with Crippen molar-refractivity contribution in [2.24, 2.45) is 0 Å². The molecule has 0 bridgehead atoms. The lowest BCUT2D eigenvalue weighted by Crippen LogP contribution is -2.30. The van der Waals surface area contributed by atoms with Crippen molar-refractivity contribution in [1.82, 2.24) is 9.97 Å². The molecule has 9 heteroatoms. The predicted octanol–water partition coefficient (Wildman–Crippen LogP) is 1.83. The molecule has 2 aromatic heterocycles. The van der Waals surface area contributed by atoms with Crippen LogP contribution in [-0.4, -0.2) is 33.1 Å². The summed E-state index contributed by atoms with van der Waals surface area (Å²) in [4.78, 5) is 28.9. The Morgan fingerprint density at radius 1 is 1.25 bits per heavy atom. The third-order valence-electron chi connectivity index (χ3n) is 2.34. The molecule has 6 nitrogen and oxygen atoms in total. The molecule has 0 fully saturated rings. The van der Waals surface area contributed by atoms with Gasteiger partial charge in [0.05, 0.1) is 5.56 Å². The number of nitrogens with one attached hydrogen (secondary N) is 1. The maximum atomic E-state index is 12.2. The van der Waals surface area contributed by atoms with Gasteiger partial charge in [0.25, 0.3) is 0 Å². The van der Waals surface area contributed by atoms with Gasteiger partial charge in [0.2, 0.25) is 0 Å². The molecule has 2 aromatic rings. The lowest BCUT2D eigenvalue weighted by molar-refractivity contribution is -0.167. The van der Waals surface area contributed by atoms with Crippen molar-refractivity contribution in [2.75, 3.05) is 5.32 Å².